The molecule has 0 spiro atoms. The van der Waals surface area contributed by atoms with E-state index >= 15 is 0 Å². The number of nitrogens with one attached hydrogen (secondary N) is 2. The summed E-state index contributed by atoms with van der Waals surface area (Å²) in [4.78, 5) is 24.6. The van der Waals surface area contributed by atoms with Crippen LogP contribution in [0.5, 0.6) is 11.5 Å². The van der Waals surface area contributed by atoms with Gasteiger partial charge in [0.2, 0.25) is 22.1 Å². The van der Waals surface area contributed by atoms with E-state index in [1.54, 1.807) is 14.2 Å². The van der Waals surface area contributed by atoms with Crippen molar-refractivity contribution in [3.8, 4) is 11.5 Å². The second-order valence-corrected chi connectivity index (χ2v) is 11.8. The maximum Gasteiger partial charge on any atom is 0.226 e. The highest BCUT2D eigenvalue weighted by atomic mass is 32.1. The summed E-state index contributed by atoms with van der Waals surface area (Å²) in [6.45, 7) is 0. The largest absolute Gasteiger partial charge is 0.497 e. The number of aromatic nitrogens is 4. The number of aryl methyl sites for hydroxylation is 4. The van der Waals surface area contributed by atoms with Crippen molar-refractivity contribution in [2.45, 2.75) is 64.2 Å². The predicted octanol–water partition coefficient (Wildman–Crippen LogP) is 5.90. The van der Waals surface area contributed by atoms with Crippen molar-refractivity contribution in [3.05, 3.63) is 69.7 Å². The van der Waals surface area contributed by atoms with Gasteiger partial charge in [-0.25, -0.2) is 0 Å². The van der Waals surface area contributed by atoms with Crippen molar-refractivity contribution >= 4 is 44.8 Å². The summed E-state index contributed by atoms with van der Waals surface area (Å²) in [6, 6.07) is 15.8. The Morgan fingerprint density at radius 3 is 1.38 bits per heavy atom. The Morgan fingerprint density at radius 2 is 1.00 bits per heavy atom. The Hall–Kier alpha value is -3.90. The van der Waals surface area contributed by atoms with Crippen molar-refractivity contribution in [1.29, 1.82) is 0 Å². The molecule has 2 N–H and O–H groups in total. The number of rotatable bonds is 17. The minimum Gasteiger partial charge on any atom is -0.497 e. The maximum absolute atomic E-state index is 12.3. The molecule has 2 amide bonds. The van der Waals surface area contributed by atoms with E-state index in [-0.39, 0.29) is 11.8 Å². The molecule has 0 bridgehead atoms. The number of methoxy groups -OCH3 is 2. The lowest BCUT2D eigenvalue weighted by Crippen LogP contribution is -2.11. The fourth-order valence-corrected chi connectivity index (χ4v) is 5.81. The molecule has 42 heavy (non-hydrogen) atoms. The summed E-state index contributed by atoms with van der Waals surface area (Å²) in [6.07, 6.45) is 7.40. The number of hydrogen-bond acceptors (Lipinski definition) is 10. The summed E-state index contributed by atoms with van der Waals surface area (Å²) in [5.74, 6) is 1.55. The van der Waals surface area contributed by atoms with Crippen molar-refractivity contribution < 1.29 is 19.1 Å². The van der Waals surface area contributed by atoms with Gasteiger partial charge in [-0.1, -0.05) is 46.9 Å². The van der Waals surface area contributed by atoms with Gasteiger partial charge in [0.15, 0.2) is 0 Å². The minimum atomic E-state index is -0.0531. The van der Waals surface area contributed by atoms with Gasteiger partial charge in [-0.3, -0.25) is 9.59 Å². The summed E-state index contributed by atoms with van der Waals surface area (Å²) < 4.78 is 10.3. The Balaban J connectivity index is 1.07. The molecule has 10 nitrogen and oxygen atoms in total. The Bertz CT molecular complexity index is 1300. The van der Waals surface area contributed by atoms with Crippen LogP contribution >= 0.6 is 22.7 Å². The molecule has 12 heteroatoms. The second kappa shape index (κ2) is 16.5. The molecule has 4 rings (SSSR count). The fourth-order valence-electron chi connectivity index (χ4n) is 4.22. The van der Waals surface area contributed by atoms with Crippen molar-refractivity contribution in [3.63, 3.8) is 0 Å². The normalized spacial score (nSPS) is 10.8. The van der Waals surface area contributed by atoms with E-state index in [1.807, 2.05) is 48.5 Å². The molecule has 2 aromatic heterocycles. The van der Waals surface area contributed by atoms with Gasteiger partial charge in [-0.05, 0) is 73.9 Å². The van der Waals surface area contributed by atoms with Crippen LogP contribution in [-0.4, -0.2) is 46.4 Å². The van der Waals surface area contributed by atoms with Gasteiger partial charge in [0.05, 0.1) is 14.2 Å². The Kier molecular flexibility index (Phi) is 12.2. The number of benzene rings is 2. The molecule has 0 saturated carbocycles. The molecule has 4 aromatic rings. The lowest BCUT2D eigenvalue weighted by atomic mass is 10.1. The monoisotopic (exact) mass is 608 g/mol. The van der Waals surface area contributed by atoms with Crippen LogP contribution in [-0.2, 0) is 35.3 Å². The van der Waals surface area contributed by atoms with Crippen LogP contribution in [0.3, 0.4) is 0 Å². The van der Waals surface area contributed by atoms with Gasteiger partial charge in [0.25, 0.3) is 0 Å². The zero-order valence-corrected chi connectivity index (χ0v) is 25.6. The zero-order valence-electron chi connectivity index (χ0n) is 23.9. The molecular weight excluding hydrogens is 573 g/mol. The topological polar surface area (TPSA) is 128 Å². The first-order chi connectivity index (χ1) is 20.5. The number of carbonyl (C=O) groups is 2. The van der Waals surface area contributed by atoms with Crippen LogP contribution in [0.2, 0.25) is 0 Å². The van der Waals surface area contributed by atoms with E-state index in [0.717, 1.165) is 72.9 Å². The molecule has 2 aromatic carbocycles. The molecule has 0 aliphatic carbocycles. The first kappa shape index (κ1) is 31.0. The number of unbranched alkanes of at least 4 members (excludes halogenated alkanes) is 1. The third kappa shape index (κ3) is 10.5. The number of hydrogen-bond donors (Lipinski definition) is 2. The molecule has 0 aliphatic rings. The van der Waals surface area contributed by atoms with Crippen LogP contribution in [0.4, 0.5) is 10.3 Å². The number of anilines is 2. The molecule has 0 radical (unpaired) electrons. The number of carbonyl (C=O) groups excluding carboxylic acids is 2. The summed E-state index contributed by atoms with van der Waals surface area (Å²) >= 11 is 2.82. The van der Waals surface area contributed by atoms with Crippen LogP contribution < -0.4 is 20.1 Å². The fraction of sp³-hybridized carbons (Fsp3) is 0.400. The molecule has 0 atom stereocenters. The third-order valence-corrected chi connectivity index (χ3v) is 8.31. The van der Waals surface area contributed by atoms with E-state index in [2.05, 4.69) is 31.0 Å². The highest BCUT2D eigenvalue weighted by Gasteiger charge is 2.11. The quantitative estimate of drug-likeness (QED) is 0.142. The summed E-state index contributed by atoms with van der Waals surface area (Å²) in [5.41, 5.74) is 2.35. The van der Waals surface area contributed by atoms with Crippen molar-refractivity contribution in [2.75, 3.05) is 24.9 Å². The summed E-state index contributed by atoms with van der Waals surface area (Å²) in [7, 11) is 3.29. The van der Waals surface area contributed by atoms with Crippen LogP contribution in [0.1, 0.15) is 59.7 Å². The number of nitrogens with zero attached hydrogens (tertiary/aromatic N) is 4. The van der Waals surface area contributed by atoms with Crippen LogP contribution in [0.25, 0.3) is 0 Å². The average molecular weight is 609 g/mol. The van der Waals surface area contributed by atoms with Crippen LogP contribution in [0, 0.1) is 0 Å². The van der Waals surface area contributed by atoms with E-state index < -0.39 is 0 Å². The molecule has 0 saturated heterocycles. The van der Waals surface area contributed by atoms with Gasteiger partial charge in [-0.2, -0.15) is 0 Å². The standard InChI is InChI=1S/C30H36N6O4S2/c1-39-23-17-13-21(14-18-23)7-5-9-25(37)31-29-35-33-27(41-29)11-3-4-12-28-34-36-30(42-28)32-26(38)10-6-8-22-15-19-24(40-2)20-16-22/h13-20H,3-12H2,1-2H3,(H,31,35,37)(H,32,36,38). The van der Waals surface area contributed by atoms with Crippen molar-refractivity contribution in [2.24, 2.45) is 0 Å². The van der Waals surface area contributed by atoms with Gasteiger partial charge in [0.1, 0.15) is 21.5 Å². The first-order valence-electron chi connectivity index (χ1n) is 14.0. The van der Waals surface area contributed by atoms with E-state index in [0.29, 0.717) is 23.1 Å². The third-order valence-electron chi connectivity index (χ3n) is 6.51. The molecular formula is C30H36N6O4S2. The SMILES string of the molecule is COc1ccc(CCCC(=O)Nc2nnc(CCCCc3nnc(NC(=O)CCCc4ccc(OC)cc4)s3)s2)cc1. The lowest BCUT2D eigenvalue weighted by molar-refractivity contribution is -0.117. The Morgan fingerprint density at radius 1 is 0.595 bits per heavy atom. The van der Waals surface area contributed by atoms with Gasteiger partial charge in [0, 0.05) is 25.7 Å². The molecule has 0 fully saturated rings. The second-order valence-electron chi connectivity index (χ2n) is 9.71. The molecule has 0 unspecified atom stereocenters. The number of ether oxygens (including phenoxy) is 2. The first-order valence-corrected chi connectivity index (χ1v) is 15.6. The van der Waals surface area contributed by atoms with E-state index in [4.69, 9.17) is 9.47 Å². The average Bonchev–Trinajstić information content (AvgIpc) is 3.65. The van der Waals surface area contributed by atoms with Crippen LogP contribution in [0.15, 0.2) is 48.5 Å². The molecule has 222 valence electrons. The van der Waals surface area contributed by atoms with Crippen molar-refractivity contribution in [1.82, 2.24) is 20.4 Å². The zero-order chi connectivity index (χ0) is 29.6. The lowest BCUT2D eigenvalue weighted by Gasteiger charge is -2.04. The smallest absolute Gasteiger partial charge is 0.226 e. The van der Waals surface area contributed by atoms with Gasteiger partial charge >= 0.3 is 0 Å². The predicted molar refractivity (Wildman–Crippen MR) is 166 cm³/mol. The summed E-state index contributed by atoms with van der Waals surface area (Å²) in [5, 5.41) is 25.2. The van der Waals surface area contributed by atoms with E-state index in [1.165, 1.54) is 33.8 Å². The minimum absolute atomic E-state index is 0.0531. The Labute approximate surface area is 253 Å². The van der Waals surface area contributed by atoms with E-state index in [9.17, 15) is 9.59 Å². The van der Waals surface area contributed by atoms with Gasteiger partial charge < -0.3 is 20.1 Å². The molecule has 0 aliphatic heterocycles. The highest BCUT2D eigenvalue weighted by Crippen LogP contribution is 2.21. The molecule has 2 heterocycles. The maximum atomic E-state index is 12.3. The number of amides is 2. The van der Waals surface area contributed by atoms with Gasteiger partial charge in [-0.15, -0.1) is 20.4 Å². The highest BCUT2D eigenvalue weighted by molar-refractivity contribution is 7.15.